The van der Waals surface area contributed by atoms with Crippen LogP contribution < -0.4 is 54.0 Å². The molecule has 0 saturated carbocycles. The lowest BCUT2D eigenvalue weighted by atomic mass is 9.82. The smallest absolute Gasteiger partial charge is 0.248 e. The average Bonchev–Trinajstić information content (AvgIpc) is 1.09. The summed E-state index contributed by atoms with van der Waals surface area (Å²) >= 11 is 0. The number of piperazine rings is 2. The second-order valence-corrected chi connectivity index (χ2v) is 39.1. The molecule has 0 aliphatic carbocycles. The van der Waals surface area contributed by atoms with E-state index in [9.17, 15) is 9.90 Å². The van der Waals surface area contributed by atoms with Gasteiger partial charge in [0.1, 0.15) is 6.61 Å². The Bertz CT molecular complexity index is 2090. The van der Waals surface area contributed by atoms with Crippen molar-refractivity contribution in [3.8, 4) is 0 Å². The molecule has 9 fully saturated rings. The van der Waals surface area contributed by atoms with Crippen molar-refractivity contribution >= 4 is 5.91 Å². The molecule has 698 valence electrons. The maximum absolute atomic E-state index is 11.1. The molecular weight excluding hydrogens is 1460 g/mol. The topological polar surface area (TPSA) is 319 Å². The summed E-state index contributed by atoms with van der Waals surface area (Å²) in [6.45, 7) is 79.5. The highest BCUT2D eigenvalue weighted by Gasteiger charge is 2.33. The van der Waals surface area contributed by atoms with E-state index in [-0.39, 0.29) is 37.9 Å². The lowest BCUT2D eigenvalue weighted by molar-refractivity contribution is -0.133. The molecule has 0 bridgehead atoms. The van der Waals surface area contributed by atoms with E-state index in [4.69, 9.17) is 41.7 Å². The fraction of sp³-hybridized carbons (Fsp3) is 0.989. The molecule has 0 spiro atoms. The van der Waals surface area contributed by atoms with E-state index in [1.807, 2.05) is 0 Å². The molecule has 18 N–H and O–H groups in total. The lowest BCUT2D eigenvalue weighted by Crippen LogP contribution is -2.53. The third-order valence-corrected chi connectivity index (χ3v) is 22.1. The molecule has 9 aliphatic rings. The van der Waals surface area contributed by atoms with E-state index >= 15 is 0 Å². The quantitative estimate of drug-likeness (QED) is 0.0331. The van der Waals surface area contributed by atoms with Crippen molar-refractivity contribution in [2.24, 2.45) is 76.6 Å². The Labute approximate surface area is 716 Å². The van der Waals surface area contributed by atoms with Crippen LogP contribution in [0.4, 0.5) is 0 Å². The number of carbonyl (C=O) groups excluding carboxylic acids is 1. The first-order valence-electron chi connectivity index (χ1n) is 47.1. The van der Waals surface area contributed by atoms with Gasteiger partial charge >= 0.3 is 0 Å². The highest BCUT2D eigenvalue weighted by molar-refractivity contribution is 5.77. The number of aliphatic hydroxyl groups is 6. The molecule has 0 radical (unpaired) electrons. The number of ether oxygens (including phenoxy) is 1. The van der Waals surface area contributed by atoms with Crippen molar-refractivity contribution < 1.29 is 40.2 Å². The van der Waals surface area contributed by atoms with Crippen LogP contribution in [-0.2, 0) is 9.53 Å². The summed E-state index contributed by atoms with van der Waals surface area (Å²) in [5.74, 6) is 7.45. The Morgan fingerprint density at radius 3 is 1.32 bits per heavy atom. The highest BCUT2D eigenvalue weighted by atomic mass is 16.5. The number of rotatable bonds is 31. The van der Waals surface area contributed by atoms with Crippen molar-refractivity contribution in [2.75, 3.05) is 237 Å². The molecule has 0 aromatic rings. The van der Waals surface area contributed by atoms with E-state index in [0.717, 1.165) is 204 Å². The van der Waals surface area contributed by atoms with Gasteiger partial charge in [-0.3, -0.25) is 24.4 Å². The number of likely N-dealkylation sites (tertiary alicyclic amines) is 3. The summed E-state index contributed by atoms with van der Waals surface area (Å²) in [6.07, 6.45) is 14.1. The molecule has 9 saturated heterocycles. The number of hydrogen-bond acceptors (Lipinski definition) is 24. The van der Waals surface area contributed by atoms with Gasteiger partial charge in [-0.2, -0.15) is 0 Å². The molecule has 1 amide bonds. The van der Waals surface area contributed by atoms with Crippen molar-refractivity contribution in [2.45, 2.75) is 283 Å². The minimum absolute atomic E-state index is 0.154. The number of nitrogens with one attached hydrogen (secondary N) is 8. The molecule has 25 nitrogen and oxygen atoms in total. The van der Waals surface area contributed by atoms with E-state index in [1.54, 1.807) is 4.90 Å². The van der Waals surface area contributed by atoms with Gasteiger partial charge in [0.2, 0.25) is 5.91 Å². The summed E-state index contributed by atoms with van der Waals surface area (Å²) < 4.78 is 5.34. The Kier molecular flexibility index (Phi) is 73.2. The second-order valence-electron chi connectivity index (χ2n) is 39.1. The van der Waals surface area contributed by atoms with Crippen molar-refractivity contribution in [3.63, 3.8) is 0 Å². The lowest BCUT2D eigenvalue weighted by Gasteiger charge is -2.36. The number of hydrogen-bond donors (Lipinski definition) is 16. The van der Waals surface area contributed by atoms with Gasteiger partial charge in [-0.05, 0) is 228 Å². The van der Waals surface area contributed by atoms with E-state index < -0.39 is 0 Å². The number of piperidine rings is 2. The Balaban J connectivity index is 0. The number of nitrogens with two attached hydrogens (primary N) is 2. The molecule has 9 heterocycles. The van der Waals surface area contributed by atoms with Gasteiger partial charge in [-0.1, -0.05) is 152 Å². The van der Waals surface area contributed by atoms with Crippen molar-refractivity contribution in [1.82, 2.24) is 76.8 Å². The standard InChI is InChI=1S/C10H20N2O2.C10H21NO2.2C9H20N2O.3C9H20N2.C8H18N2.C8H17NO.C5H13N.C5H12O/c1-8(2)5-11-9-3-4-12(6-9)10(14)7-13;1-9(2)7-11(4-5-12)10-3-6-13-8-10;2*1-8(2)6-11-4-3-10-5-9(11)7-12;1-8(2)7-11(3)9-4-5-10-6-9;1-8(2)6-10-9-4-5-11(3)7-9;1-8(2)7-11-9-3-5-10-6-4-9;1-7(2)6-10-5-3-4-8(10)9;1-7(2)8(10)3-5-9-6-4-8;2*1-5(2)3-4-6/h8-9,11,13H,3-7H2,1-2H3;9-10,12H,3-8H2,1-2H3;2*8-10,12H,3-7H2,1-2H3;2*8-10H,4-7H2,1-3H3;8-11H,3-7H2,1-2H3;7-8H,3-6,9H2,1-2H3;7,9-10H,3-6H2,1-2H3;5H,3-4,6H2,1-2H3;5-6H,3-4H2,1-2H3/t9-;10-;4*9-;;8-;;;/m111011.0.../s1. The first-order valence-corrected chi connectivity index (χ1v) is 47.1. The first kappa shape index (κ1) is 117. The van der Waals surface area contributed by atoms with Gasteiger partial charge in [-0.15, -0.1) is 0 Å². The van der Waals surface area contributed by atoms with Crippen molar-refractivity contribution in [1.29, 1.82) is 0 Å². The molecule has 25 heteroatoms. The fourth-order valence-corrected chi connectivity index (χ4v) is 15.1. The zero-order valence-electron chi connectivity index (χ0n) is 80.3. The SMILES string of the molecule is CC(C)C1(O)CCNCC1.CC(C)CCN.CC(C)CCO.CC(C)CN(C)[C@@H]1CCNC1.CC(C)CN(CCO)[C@@H]1CCOC1.CC(C)CN1CCC[C@H]1N.CC(C)CN1CCNC[C@@H]1CO.CC(C)CN1CCNC[C@H]1CO.CC(C)CNC1CCNCC1.CC(C)CN[C@@H]1CCN(C(=O)CO)C1.CC(C)CN[C@@H]1CCN(C)C1. The molecule has 9 rings (SSSR count). The van der Waals surface area contributed by atoms with Crippen LogP contribution in [0.25, 0.3) is 0 Å². The summed E-state index contributed by atoms with van der Waals surface area (Å²) in [5.41, 5.74) is 10.7. The molecule has 0 unspecified atom stereocenters. The zero-order chi connectivity index (χ0) is 88.0. The van der Waals surface area contributed by atoms with Gasteiger partial charge in [0.15, 0.2) is 0 Å². The van der Waals surface area contributed by atoms with Crippen LogP contribution in [-0.4, -0.2) is 362 Å². The summed E-state index contributed by atoms with van der Waals surface area (Å²) in [5, 5.41) is 81.1. The molecule has 0 aromatic heterocycles. The number of nitrogens with zero attached hydrogens (tertiary/aromatic N) is 7. The van der Waals surface area contributed by atoms with E-state index in [1.165, 1.54) is 111 Å². The molecule has 7 atom stereocenters. The van der Waals surface area contributed by atoms with Crippen LogP contribution in [0, 0.1) is 65.1 Å². The van der Waals surface area contributed by atoms with Crippen LogP contribution in [0.1, 0.15) is 229 Å². The molecule has 9 aliphatic heterocycles. The van der Waals surface area contributed by atoms with Gasteiger partial charge in [0.05, 0.1) is 38.2 Å². The van der Waals surface area contributed by atoms with Gasteiger partial charge in [0.25, 0.3) is 0 Å². The van der Waals surface area contributed by atoms with Gasteiger partial charge < -0.3 is 104 Å². The molecule has 116 heavy (non-hydrogen) atoms. The minimum Gasteiger partial charge on any atom is -0.396 e. The number of amides is 1. The van der Waals surface area contributed by atoms with Crippen LogP contribution >= 0.6 is 0 Å². The highest BCUT2D eigenvalue weighted by Crippen LogP contribution is 2.26. The Morgan fingerprint density at radius 1 is 0.491 bits per heavy atom. The predicted molar refractivity (Wildman–Crippen MR) is 495 cm³/mol. The fourth-order valence-electron chi connectivity index (χ4n) is 15.1. The number of likely N-dealkylation sites (N-methyl/N-ethyl adjacent to an activating group) is 2. The van der Waals surface area contributed by atoms with Crippen molar-refractivity contribution in [3.05, 3.63) is 0 Å². The van der Waals surface area contributed by atoms with Gasteiger partial charge in [0, 0.05) is 160 Å². The summed E-state index contributed by atoms with van der Waals surface area (Å²) in [4.78, 5) is 27.2. The minimum atomic E-state index is -0.384. The largest absolute Gasteiger partial charge is 0.396 e. The Morgan fingerprint density at radius 2 is 0.966 bits per heavy atom. The molecular formula is C91H201N17O8. The average molecular weight is 1660 g/mol. The van der Waals surface area contributed by atoms with Crippen LogP contribution in [0.5, 0.6) is 0 Å². The maximum Gasteiger partial charge on any atom is 0.248 e. The van der Waals surface area contributed by atoms with Gasteiger partial charge in [-0.25, -0.2) is 0 Å². The van der Waals surface area contributed by atoms with E-state index in [2.05, 4.69) is 238 Å². The molecule has 0 aromatic carbocycles. The normalized spacial score (nSPS) is 23.3. The summed E-state index contributed by atoms with van der Waals surface area (Å²) in [7, 11) is 4.43. The first-order chi connectivity index (χ1) is 54.9. The Hall–Kier alpha value is -1.45. The maximum atomic E-state index is 11.1. The summed E-state index contributed by atoms with van der Waals surface area (Å²) in [6, 6.07) is 3.93. The third-order valence-electron chi connectivity index (χ3n) is 22.1. The third kappa shape index (κ3) is 63.5. The predicted octanol–water partition coefficient (Wildman–Crippen LogP) is 7.02. The number of aliphatic hydroxyl groups excluding tert-OH is 5. The van der Waals surface area contributed by atoms with Crippen LogP contribution in [0.2, 0.25) is 0 Å². The number of carbonyl (C=O) groups is 1. The van der Waals surface area contributed by atoms with Crippen LogP contribution in [0.15, 0.2) is 0 Å². The monoisotopic (exact) mass is 1660 g/mol. The second kappa shape index (κ2) is 72.8. The van der Waals surface area contributed by atoms with E-state index in [0.29, 0.717) is 72.4 Å². The zero-order valence-corrected chi connectivity index (χ0v) is 80.3. The van der Waals surface area contributed by atoms with Crippen LogP contribution in [0.3, 0.4) is 0 Å².